The number of rotatable bonds is 2. The molecule has 6 nitrogen and oxygen atoms in total. The van der Waals surface area contributed by atoms with E-state index >= 15 is 0 Å². The van der Waals surface area contributed by atoms with Crippen LogP contribution in [0.15, 0.2) is 18.5 Å². The Morgan fingerprint density at radius 2 is 1.63 bits per heavy atom. The molecule has 2 aliphatic heterocycles. The molecule has 144 valence electrons. The van der Waals surface area contributed by atoms with Gasteiger partial charge < -0.3 is 19.1 Å². The topological polar surface area (TPSA) is 50.7 Å². The van der Waals surface area contributed by atoms with Crippen LogP contribution in [0, 0.1) is 0 Å². The zero-order chi connectivity index (χ0) is 19.4. The molecule has 4 rings (SSSR count). The molecule has 2 saturated heterocycles. The molecule has 8 heteroatoms. The standard InChI is InChI=1S/C19H26BClN4O2/c1-18(2)19(3,4)27-20(26-18)14-11-16-13(10-15(14)21)17(23-12-22-16)25-8-6-24(5)7-9-25/h10-12H,6-9H2,1-5H3. The molecule has 3 heterocycles. The van der Waals surface area contributed by atoms with Gasteiger partial charge in [0, 0.05) is 42.1 Å². The summed E-state index contributed by atoms with van der Waals surface area (Å²) in [7, 11) is 1.64. The van der Waals surface area contributed by atoms with Gasteiger partial charge in [-0.15, -0.1) is 0 Å². The summed E-state index contributed by atoms with van der Waals surface area (Å²) in [5.74, 6) is 0.940. The van der Waals surface area contributed by atoms with E-state index in [4.69, 9.17) is 20.9 Å². The van der Waals surface area contributed by atoms with Gasteiger partial charge in [-0.25, -0.2) is 9.97 Å². The van der Waals surface area contributed by atoms with Crippen LogP contribution in [0.3, 0.4) is 0 Å². The lowest BCUT2D eigenvalue weighted by Gasteiger charge is -2.33. The SMILES string of the molecule is CN1CCN(c2ncnc3cc(B4OC(C)(C)C(C)(C)O4)c(Cl)cc23)CC1. The lowest BCUT2D eigenvalue weighted by Crippen LogP contribution is -2.45. The Morgan fingerprint density at radius 1 is 1.00 bits per heavy atom. The number of fused-ring (bicyclic) bond motifs is 1. The van der Waals surface area contributed by atoms with Crippen LogP contribution in [0.2, 0.25) is 5.02 Å². The van der Waals surface area contributed by atoms with Crippen LogP contribution >= 0.6 is 11.6 Å². The Hall–Kier alpha value is -1.41. The van der Waals surface area contributed by atoms with E-state index < -0.39 is 18.3 Å². The fourth-order valence-corrected chi connectivity index (χ4v) is 3.75. The molecule has 2 fully saturated rings. The van der Waals surface area contributed by atoms with Gasteiger partial charge in [-0.2, -0.15) is 0 Å². The highest BCUT2D eigenvalue weighted by atomic mass is 35.5. The molecule has 0 atom stereocenters. The maximum atomic E-state index is 6.66. The highest BCUT2D eigenvalue weighted by Gasteiger charge is 2.52. The average molecular weight is 389 g/mol. The first-order valence-electron chi connectivity index (χ1n) is 9.41. The molecule has 2 aliphatic rings. The van der Waals surface area contributed by atoms with Crippen LogP contribution in [0.1, 0.15) is 27.7 Å². The van der Waals surface area contributed by atoms with E-state index in [1.807, 2.05) is 39.8 Å². The van der Waals surface area contributed by atoms with Crippen molar-refractivity contribution in [3.63, 3.8) is 0 Å². The molecular weight excluding hydrogens is 363 g/mol. The van der Waals surface area contributed by atoms with Crippen molar-refractivity contribution >= 4 is 40.9 Å². The third-order valence-electron chi connectivity index (χ3n) is 6.04. The number of benzene rings is 1. The molecule has 0 N–H and O–H groups in total. The molecule has 0 saturated carbocycles. The minimum Gasteiger partial charge on any atom is -0.399 e. The number of halogens is 1. The van der Waals surface area contributed by atoms with Gasteiger partial charge in [0.2, 0.25) is 0 Å². The minimum absolute atomic E-state index is 0.410. The number of nitrogens with zero attached hydrogens (tertiary/aromatic N) is 4. The van der Waals surface area contributed by atoms with Crippen LogP contribution in [0.4, 0.5) is 5.82 Å². The lowest BCUT2D eigenvalue weighted by atomic mass is 9.78. The zero-order valence-corrected chi connectivity index (χ0v) is 17.4. The van der Waals surface area contributed by atoms with Crippen LogP contribution < -0.4 is 10.4 Å². The second-order valence-corrected chi connectivity index (χ2v) is 8.87. The van der Waals surface area contributed by atoms with Crippen molar-refractivity contribution in [2.24, 2.45) is 0 Å². The van der Waals surface area contributed by atoms with Crippen molar-refractivity contribution in [3.05, 3.63) is 23.5 Å². The van der Waals surface area contributed by atoms with Crippen LogP contribution in [0.25, 0.3) is 10.9 Å². The average Bonchev–Trinajstić information content (AvgIpc) is 2.82. The second kappa shape index (κ2) is 6.59. The molecule has 0 spiro atoms. The molecule has 0 aliphatic carbocycles. The van der Waals surface area contributed by atoms with Gasteiger partial charge >= 0.3 is 7.12 Å². The number of aromatic nitrogens is 2. The molecule has 27 heavy (non-hydrogen) atoms. The van der Waals surface area contributed by atoms with Crippen molar-refractivity contribution in [3.8, 4) is 0 Å². The first kappa shape index (κ1) is 18.9. The monoisotopic (exact) mass is 388 g/mol. The number of anilines is 1. The lowest BCUT2D eigenvalue weighted by molar-refractivity contribution is 0.00578. The first-order valence-corrected chi connectivity index (χ1v) is 9.79. The summed E-state index contributed by atoms with van der Waals surface area (Å²) >= 11 is 6.66. The quantitative estimate of drug-likeness (QED) is 0.736. The largest absolute Gasteiger partial charge is 0.496 e. The maximum Gasteiger partial charge on any atom is 0.496 e. The van der Waals surface area contributed by atoms with Crippen molar-refractivity contribution in [2.45, 2.75) is 38.9 Å². The second-order valence-electron chi connectivity index (χ2n) is 8.47. The normalized spacial score (nSPS) is 22.6. The summed E-state index contributed by atoms with van der Waals surface area (Å²) < 4.78 is 12.3. The Labute approximate surface area is 165 Å². The zero-order valence-electron chi connectivity index (χ0n) is 16.6. The van der Waals surface area contributed by atoms with E-state index in [1.54, 1.807) is 6.33 Å². The van der Waals surface area contributed by atoms with Gasteiger partial charge in [0.25, 0.3) is 0 Å². The summed E-state index contributed by atoms with van der Waals surface area (Å²) in [5.41, 5.74) is 0.845. The molecule has 0 unspecified atom stereocenters. The summed E-state index contributed by atoms with van der Waals surface area (Å²) in [5, 5.41) is 1.58. The highest BCUT2D eigenvalue weighted by Crippen LogP contribution is 2.37. The molecule has 2 aromatic rings. The van der Waals surface area contributed by atoms with Gasteiger partial charge in [-0.05, 0) is 46.9 Å². The summed E-state index contributed by atoms with van der Waals surface area (Å²) in [6.07, 6.45) is 1.62. The predicted molar refractivity (Wildman–Crippen MR) is 110 cm³/mol. The van der Waals surface area contributed by atoms with Gasteiger partial charge in [0.1, 0.15) is 12.1 Å². The third kappa shape index (κ3) is 3.31. The first-order chi connectivity index (χ1) is 12.7. The van der Waals surface area contributed by atoms with E-state index in [1.165, 1.54) is 0 Å². The molecular formula is C19H26BClN4O2. The summed E-state index contributed by atoms with van der Waals surface area (Å²) in [6.45, 7) is 12.1. The van der Waals surface area contributed by atoms with E-state index in [-0.39, 0.29) is 0 Å². The van der Waals surface area contributed by atoms with Crippen molar-refractivity contribution in [1.29, 1.82) is 0 Å². The molecule has 0 bridgehead atoms. The number of piperazine rings is 1. The Morgan fingerprint density at radius 3 is 2.26 bits per heavy atom. The minimum atomic E-state index is -0.506. The van der Waals surface area contributed by atoms with E-state index in [0.717, 1.165) is 48.4 Å². The third-order valence-corrected chi connectivity index (χ3v) is 6.37. The molecule has 1 aromatic carbocycles. The Kier molecular flexibility index (Phi) is 4.62. The number of hydrogen-bond acceptors (Lipinski definition) is 6. The maximum absolute atomic E-state index is 6.66. The highest BCUT2D eigenvalue weighted by molar-refractivity contribution is 6.66. The van der Waals surface area contributed by atoms with Crippen LogP contribution in [-0.4, -0.2) is 66.4 Å². The fourth-order valence-electron chi connectivity index (χ4n) is 3.50. The number of likely N-dealkylation sites (N-methyl/N-ethyl adjacent to an activating group) is 1. The van der Waals surface area contributed by atoms with Crippen LogP contribution in [-0.2, 0) is 9.31 Å². The van der Waals surface area contributed by atoms with Crippen molar-refractivity contribution in [2.75, 3.05) is 38.1 Å². The molecule has 0 amide bonds. The van der Waals surface area contributed by atoms with Crippen LogP contribution in [0.5, 0.6) is 0 Å². The van der Waals surface area contributed by atoms with Gasteiger partial charge in [0.15, 0.2) is 0 Å². The van der Waals surface area contributed by atoms with E-state index in [9.17, 15) is 0 Å². The summed E-state index contributed by atoms with van der Waals surface area (Å²) in [4.78, 5) is 13.6. The molecule has 0 radical (unpaired) electrons. The van der Waals surface area contributed by atoms with Gasteiger partial charge in [-0.3, -0.25) is 0 Å². The Balaban J connectivity index is 1.71. The molecule has 1 aromatic heterocycles. The Bertz CT molecular complexity index is 852. The van der Waals surface area contributed by atoms with Gasteiger partial charge in [0.05, 0.1) is 16.7 Å². The smallest absolute Gasteiger partial charge is 0.399 e. The number of hydrogen-bond donors (Lipinski definition) is 0. The summed E-state index contributed by atoms with van der Waals surface area (Å²) in [6, 6.07) is 3.92. The fraction of sp³-hybridized carbons (Fsp3) is 0.579. The van der Waals surface area contributed by atoms with Crippen molar-refractivity contribution < 1.29 is 9.31 Å². The van der Waals surface area contributed by atoms with E-state index in [0.29, 0.717) is 5.02 Å². The van der Waals surface area contributed by atoms with Gasteiger partial charge in [-0.1, -0.05) is 11.6 Å². The van der Waals surface area contributed by atoms with E-state index in [2.05, 4.69) is 26.8 Å². The van der Waals surface area contributed by atoms with Crippen molar-refractivity contribution in [1.82, 2.24) is 14.9 Å². The predicted octanol–water partition coefficient (Wildman–Crippen LogP) is 2.33.